The van der Waals surface area contributed by atoms with Crippen LogP contribution in [0, 0.1) is 28.6 Å². The van der Waals surface area contributed by atoms with Gasteiger partial charge < -0.3 is 4.90 Å². The molecule has 0 aromatic carbocycles. The molecule has 1 aromatic rings. The summed E-state index contributed by atoms with van der Waals surface area (Å²) in [6.45, 7) is 4.88. The van der Waals surface area contributed by atoms with E-state index in [4.69, 9.17) is 0 Å². The molecule has 1 amide bonds. The van der Waals surface area contributed by atoms with Gasteiger partial charge >= 0.3 is 0 Å². The predicted molar refractivity (Wildman–Crippen MR) is 105 cm³/mol. The summed E-state index contributed by atoms with van der Waals surface area (Å²) in [7, 11) is 1.97. The Hall–Kier alpha value is -1.97. The van der Waals surface area contributed by atoms with E-state index in [1.165, 1.54) is 24.1 Å². The number of fused-ring (bicyclic) bond motifs is 5. The Morgan fingerprint density at radius 3 is 2.70 bits per heavy atom. The normalized spacial score (nSPS) is 40.6. The summed E-state index contributed by atoms with van der Waals surface area (Å²) in [5.74, 6) is 2.33. The highest BCUT2D eigenvalue weighted by atomic mass is 16.2. The van der Waals surface area contributed by atoms with E-state index in [1.54, 1.807) is 6.20 Å². The third-order valence-corrected chi connectivity index (χ3v) is 8.44. The fourth-order valence-electron chi connectivity index (χ4n) is 6.98. The lowest BCUT2D eigenvalue weighted by atomic mass is 9.49. The van der Waals surface area contributed by atoms with Gasteiger partial charge in [0, 0.05) is 37.0 Å². The molecule has 1 aliphatic heterocycles. The molecule has 2 fully saturated rings. The second kappa shape index (κ2) is 5.76. The first-order valence-electron chi connectivity index (χ1n) is 10.4. The maximum atomic E-state index is 12.2. The molecule has 4 heteroatoms. The average Bonchev–Trinajstić information content (AvgIpc) is 3.03. The maximum Gasteiger partial charge on any atom is 0.226 e. The van der Waals surface area contributed by atoms with Crippen molar-refractivity contribution in [2.45, 2.75) is 52.4 Å². The zero-order chi connectivity index (χ0) is 18.8. The van der Waals surface area contributed by atoms with Crippen molar-refractivity contribution in [3.63, 3.8) is 0 Å². The van der Waals surface area contributed by atoms with Crippen LogP contribution in [0.4, 0.5) is 0 Å². The molecule has 2 heterocycles. The van der Waals surface area contributed by atoms with Crippen molar-refractivity contribution >= 4 is 11.5 Å². The zero-order valence-electron chi connectivity index (χ0n) is 16.6. The number of amides is 1. The molecule has 5 rings (SSSR count). The number of allylic oxidation sites excluding steroid dienone is 4. The highest BCUT2D eigenvalue weighted by Gasteiger charge is 2.57. The van der Waals surface area contributed by atoms with Gasteiger partial charge in [-0.25, -0.2) is 0 Å². The zero-order valence-corrected chi connectivity index (χ0v) is 16.6. The Bertz CT molecular complexity index is 844. The molecule has 0 radical (unpaired) electrons. The molecule has 0 N–H and O–H groups in total. The number of hydrogen-bond donors (Lipinski definition) is 0. The Labute approximate surface area is 161 Å². The van der Waals surface area contributed by atoms with Crippen LogP contribution in [0.5, 0.6) is 0 Å². The van der Waals surface area contributed by atoms with Crippen LogP contribution in [-0.2, 0) is 4.79 Å². The van der Waals surface area contributed by atoms with Gasteiger partial charge in [0.2, 0.25) is 5.91 Å². The van der Waals surface area contributed by atoms with Gasteiger partial charge in [-0.2, -0.15) is 0 Å². The number of piperidine rings is 1. The van der Waals surface area contributed by atoms with Crippen molar-refractivity contribution in [3.8, 4) is 0 Å². The lowest BCUT2D eigenvalue weighted by Gasteiger charge is -2.58. The summed E-state index contributed by atoms with van der Waals surface area (Å²) in [6, 6.07) is 0. The Balaban J connectivity index is 1.50. The van der Waals surface area contributed by atoms with E-state index in [9.17, 15) is 4.79 Å². The van der Waals surface area contributed by atoms with Crippen molar-refractivity contribution in [3.05, 3.63) is 42.1 Å². The molecule has 1 aromatic heterocycles. The van der Waals surface area contributed by atoms with Crippen LogP contribution >= 0.6 is 0 Å². The lowest BCUT2D eigenvalue weighted by Crippen LogP contribution is -2.53. The summed E-state index contributed by atoms with van der Waals surface area (Å²) in [4.78, 5) is 23.1. The fourth-order valence-corrected chi connectivity index (χ4v) is 6.98. The molecule has 0 unspecified atom stereocenters. The molecule has 1 saturated heterocycles. The third-order valence-electron chi connectivity index (χ3n) is 8.44. The first kappa shape index (κ1) is 17.2. The number of carbonyl (C=O) groups excluding carboxylic acids is 1. The highest BCUT2D eigenvalue weighted by molar-refractivity contribution is 5.79. The number of aromatic nitrogens is 2. The van der Waals surface area contributed by atoms with Crippen LogP contribution in [0.3, 0.4) is 0 Å². The van der Waals surface area contributed by atoms with Gasteiger partial charge in [0.25, 0.3) is 0 Å². The fraction of sp³-hybridized carbons (Fsp3) is 0.609. The molecular weight excluding hydrogens is 334 g/mol. The molecule has 1 saturated carbocycles. The molecule has 3 aliphatic carbocycles. The van der Waals surface area contributed by atoms with Crippen LogP contribution in [0.1, 0.15) is 58.1 Å². The van der Waals surface area contributed by atoms with E-state index in [2.05, 4.69) is 36.0 Å². The average molecular weight is 364 g/mol. The molecule has 4 nitrogen and oxygen atoms in total. The number of carbonyl (C=O) groups is 1. The highest BCUT2D eigenvalue weighted by Crippen LogP contribution is 2.65. The lowest BCUT2D eigenvalue weighted by molar-refractivity contribution is -0.135. The summed E-state index contributed by atoms with van der Waals surface area (Å²) < 4.78 is 0. The van der Waals surface area contributed by atoms with Gasteiger partial charge in [-0.15, -0.1) is 0 Å². The second-order valence-corrected chi connectivity index (χ2v) is 9.47. The van der Waals surface area contributed by atoms with Crippen molar-refractivity contribution in [2.24, 2.45) is 28.6 Å². The summed E-state index contributed by atoms with van der Waals surface area (Å²) in [6.07, 6.45) is 16.7. The molecule has 142 valence electrons. The van der Waals surface area contributed by atoms with Crippen LogP contribution in [0.15, 0.2) is 36.4 Å². The number of hydrogen-bond acceptors (Lipinski definition) is 3. The topological polar surface area (TPSA) is 46.1 Å². The summed E-state index contributed by atoms with van der Waals surface area (Å²) in [5, 5.41) is 0. The largest absolute Gasteiger partial charge is 0.319 e. The maximum absolute atomic E-state index is 12.2. The minimum absolute atomic E-state index is 0.155. The van der Waals surface area contributed by atoms with E-state index in [0.717, 1.165) is 25.0 Å². The summed E-state index contributed by atoms with van der Waals surface area (Å²) >= 11 is 0. The van der Waals surface area contributed by atoms with Crippen molar-refractivity contribution in [1.29, 1.82) is 0 Å². The number of likely N-dealkylation sites (tertiary alicyclic amines) is 1. The van der Waals surface area contributed by atoms with E-state index >= 15 is 0 Å². The number of nitrogens with zero attached hydrogens (tertiary/aromatic N) is 3. The van der Waals surface area contributed by atoms with Crippen LogP contribution in [-0.4, -0.2) is 27.8 Å². The molecule has 0 bridgehead atoms. The molecule has 5 atom stereocenters. The molecular formula is C23H29N3O. The van der Waals surface area contributed by atoms with Crippen LogP contribution in [0.25, 0.3) is 5.57 Å². The number of rotatable bonds is 1. The third kappa shape index (κ3) is 2.25. The van der Waals surface area contributed by atoms with Gasteiger partial charge in [-0.1, -0.05) is 26.0 Å². The van der Waals surface area contributed by atoms with E-state index in [-0.39, 0.29) is 16.7 Å². The minimum Gasteiger partial charge on any atom is -0.319 e. The van der Waals surface area contributed by atoms with E-state index in [1.807, 2.05) is 24.3 Å². The smallest absolute Gasteiger partial charge is 0.226 e. The molecule has 27 heavy (non-hydrogen) atoms. The van der Waals surface area contributed by atoms with Crippen molar-refractivity contribution in [2.75, 3.05) is 7.05 Å². The Morgan fingerprint density at radius 1 is 1.07 bits per heavy atom. The van der Waals surface area contributed by atoms with Gasteiger partial charge in [0.1, 0.15) is 0 Å². The predicted octanol–water partition coefficient (Wildman–Crippen LogP) is 4.46. The van der Waals surface area contributed by atoms with Gasteiger partial charge in [0.05, 0.1) is 11.9 Å². The SMILES string of the molecule is CN1C(=O)CC[C@@]2(C)C1=CC[C@@H]1[C@@H]2CC[C@]2(C)C(c3cnccn3)=CC[C@@H]12. The van der Waals surface area contributed by atoms with Gasteiger partial charge in [-0.05, 0) is 60.8 Å². The first-order valence-corrected chi connectivity index (χ1v) is 10.4. The quantitative estimate of drug-likeness (QED) is 0.740. The van der Waals surface area contributed by atoms with Crippen LogP contribution in [0.2, 0.25) is 0 Å². The standard InChI is InChI=1S/C23H29N3O/c1-22-10-8-17-15(4-7-20-23(17,2)11-9-21(27)26(20)3)16(22)5-6-18(22)19-14-24-12-13-25-19/h6-7,12-17H,4-5,8-11H2,1-3H3/t15-,16-,17-,22-,23+/m0/s1. The van der Waals surface area contributed by atoms with Crippen molar-refractivity contribution < 1.29 is 4.79 Å². The molecule has 0 spiro atoms. The first-order chi connectivity index (χ1) is 12.9. The summed E-state index contributed by atoms with van der Waals surface area (Å²) in [5.41, 5.74) is 4.12. The molecule has 4 aliphatic rings. The van der Waals surface area contributed by atoms with Gasteiger partial charge in [0.15, 0.2) is 0 Å². The van der Waals surface area contributed by atoms with E-state index < -0.39 is 0 Å². The van der Waals surface area contributed by atoms with Crippen LogP contribution < -0.4 is 0 Å². The Kier molecular flexibility index (Phi) is 3.66. The van der Waals surface area contributed by atoms with Crippen molar-refractivity contribution in [1.82, 2.24) is 14.9 Å². The minimum atomic E-state index is 0.155. The monoisotopic (exact) mass is 363 g/mol. The Morgan fingerprint density at radius 2 is 1.93 bits per heavy atom. The van der Waals surface area contributed by atoms with E-state index in [0.29, 0.717) is 24.2 Å². The van der Waals surface area contributed by atoms with Gasteiger partial charge in [-0.3, -0.25) is 14.8 Å². The second-order valence-electron chi connectivity index (χ2n) is 9.47.